The van der Waals surface area contributed by atoms with Gasteiger partial charge in [-0.15, -0.1) is 0 Å². The lowest BCUT2D eigenvalue weighted by atomic mass is 9.97. The predicted octanol–water partition coefficient (Wildman–Crippen LogP) is 2.47. The number of benzene rings is 1. The van der Waals surface area contributed by atoms with Gasteiger partial charge in [0.2, 0.25) is 5.91 Å². The van der Waals surface area contributed by atoms with Crippen molar-refractivity contribution >= 4 is 27.5 Å². The highest BCUT2D eigenvalue weighted by molar-refractivity contribution is 9.10. The first-order valence-electron chi connectivity index (χ1n) is 5.75. The van der Waals surface area contributed by atoms with Crippen LogP contribution in [-0.2, 0) is 4.79 Å². The van der Waals surface area contributed by atoms with Gasteiger partial charge in [0.15, 0.2) is 0 Å². The summed E-state index contributed by atoms with van der Waals surface area (Å²) in [6.07, 6.45) is 0. The van der Waals surface area contributed by atoms with Crippen molar-refractivity contribution in [1.82, 2.24) is 5.32 Å². The van der Waals surface area contributed by atoms with Crippen LogP contribution in [0.5, 0.6) is 0 Å². The zero-order valence-electron chi connectivity index (χ0n) is 10.4. The fourth-order valence-corrected chi connectivity index (χ4v) is 2.39. The third-order valence-electron chi connectivity index (χ3n) is 3.30. The second-order valence-corrected chi connectivity index (χ2v) is 5.75. The van der Waals surface area contributed by atoms with Crippen molar-refractivity contribution in [3.8, 4) is 0 Å². The zero-order chi connectivity index (χ0) is 12.6. The summed E-state index contributed by atoms with van der Waals surface area (Å²) in [5, 5.41) is 2.91. The number of piperazine rings is 1. The molecule has 1 amide bonds. The standard InChI is InChI=1S/C13H17BrN2O/c1-9-8-10(4-5-11(9)14)16-7-6-15-12(17)13(16,2)3/h4-5,8H,6-7H2,1-3H3,(H,15,17). The molecule has 0 aromatic heterocycles. The molecule has 3 nitrogen and oxygen atoms in total. The van der Waals surface area contributed by atoms with Crippen molar-refractivity contribution < 1.29 is 4.79 Å². The molecule has 4 heteroatoms. The Morgan fingerprint density at radius 2 is 2.12 bits per heavy atom. The van der Waals surface area contributed by atoms with Crippen LogP contribution in [0.15, 0.2) is 22.7 Å². The van der Waals surface area contributed by atoms with Crippen molar-refractivity contribution in [2.45, 2.75) is 26.3 Å². The summed E-state index contributed by atoms with van der Waals surface area (Å²) in [7, 11) is 0. The Morgan fingerprint density at radius 3 is 2.76 bits per heavy atom. The van der Waals surface area contributed by atoms with Gasteiger partial charge in [-0.1, -0.05) is 15.9 Å². The fraction of sp³-hybridized carbons (Fsp3) is 0.462. The first-order chi connectivity index (χ1) is 7.93. The van der Waals surface area contributed by atoms with E-state index in [-0.39, 0.29) is 5.91 Å². The van der Waals surface area contributed by atoms with Gasteiger partial charge in [0.05, 0.1) is 0 Å². The SMILES string of the molecule is Cc1cc(N2CCNC(=O)C2(C)C)ccc1Br. The number of carbonyl (C=O) groups excluding carboxylic acids is 1. The molecule has 1 aliphatic heterocycles. The van der Waals surface area contributed by atoms with Gasteiger partial charge in [0.1, 0.15) is 5.54 Å². The summed E-state index contributed by atoms with van der Waals surface area (Å²) < 4.78 is 1.10. The number of amides is 1. The van der Waals surface area contributed by atoms with E-state index in [0.29, 0.717) is 6.54 Å². The van der Waals surface area contributed by atoms with Gasteiger partial charge in [0, 0.05) is 23.2 Å². The number of nitrogens with zero attached hydrogens (tertiary/aromatic N) is 1. The van der Waals surface area contributed by atoms with E-state index in [4.69, 9.17) is 0 Å². The molecule has 1 saturated heterocycles. The van der Waals surface area contributed by atoms with Crippen molar-refractivity contribution in [3.05, 3.63) is 28.2 Å². The molecule has 0 saturated carbocycles. The molecule has 0 radical (unpaired) electrons. The van der Waals surface area contributed by atoms with Crippen LogP contribution in [-0.4, -0.2) is 24.5 Å². The molecule has 1 aromatic carbocycles. The quantitative estimate of drug-likeness (QED) is 0.863. The topological polar surface area (TPSA) is 32.3 Å². The predicted molar refractivity (Wildman–Crippen MR) is 73.3 cm³/mol. The molecule has 0 unspecified atom stereocenters. The van der Waals surface area contributed by atoms with E-state index < -0.39 is 5.54 Å². The summed E-state index contributed by atoms with van der Waals surface area (Å²) in [4.78, 5) is 14.0. The van der Waals surface area contributed by atoms with Crippen LogP contribution in [0.3, 0.4) is 0 Å². The van der Waals surface area contributed by atoms with Gasteiger partial charge in [-0.25, -0.2) is 0 Å². The third kappa shape index (κ3) is 2.18. The number of aryl methyl sites for hydroxylation is 1. The number of nitrogens with one attached hydrogen (secondary N) is 1. The number of rotatable bonds is 1. The first-order valence-corrected chi connectivity index (χ1v) is 6.54. The van der Waals surface area contributed by atoms with Gasteiger partial charge in [-0.2, -0.15) is 0 Å². The Balaban J connectivity index is 2.38. The maximum Gasteiger partial charge on any atom is 0.245 e. The van der Waals surface area contributed by atoms with Crippen molar-refractivity contribution in [2.75, 3.05) is 18.0 Å². The molecule has 0 atom stereocenters. The minimum Gasteiger partial charge on any atom is -0.356 e. The lowest BCUT2D eigenvalue weighted by molar-refractivity contribution is -0.126. The lowest BCUT2D eigenvalue weighted by Crippen LogP contribution is -2.62. The Bertz CT molecular complexity index is 457. The van der Waals surface area contributed by atoms with E-state index in [1.165, 1.54) is 5.56 Å². The summed E-state index contributed by atoms with van der Waals surface area (Å²) in [5.74, 6) is 0.0873. The molecule has 1 aromatic rings. The highest BCUT2D eigenvalue weighted by Crippen LogP contribution is 2.29. The number of anilines is 1. The number of hydrogen-bond acceptors (Lipinski definition) is 2. The van der Waals surface area contributed by atoms with Gasteiger partial charge in [-0.3, -0.25) is 4.79 Å². The normalized spacial score (nSPS) is 19.1. The molecule has 0 aliphatic carbocycles. The van der Waals surface area contributed by atoms with E-state index in [1.54, 1.807) is 0 Å². The molecule has 92 valence electrons. The van der Waals surface area contributed by atoms with Crippen LogP contribution in [0.4, 0.5) is 5.69 Å². The average Bonchev–Trinajstić information content (AvgIpc) is 2.26. The average molecular weight is 297 g/mol. The van der Waals surface area contributed by atoms with E-state index in [9.17, 15) is 4.79 Å². The lowest BCUT2D eigenvalue weighted by Gasteiger charge is -2.43. The van der Waals surface area contributed by atoms with Crippen LogP contribution in [0.25, 0.3) is 0 Å². The summed E-state index contributed by atoms with van der Waals surface area (Å²) in [6.45, 7) is 7.53. The Kier molecular flexibility index (Phi) is 3.17. The highest BCUT2D eigenvalue weighted by atomic mass is 79.9. The molecular formula is C13H17BrN2O. The van der Waals surface area contributed by atoms with E-state index in [1.807, 2.05) is 19.9 Å². The zero-order valence-corrected chi connectivity index (χ0v) is 12.0. The molecular weight excluding hydrogens is 280 g/mol. The van der Waals surface area contributed by atoms with E-state index >= 15 is 0 Å². The summed E-state index contributed by atoms with van der Waals surface area (Å²) >= 11 is 3.50. The first kappa shape index (κ1) is 12.4. The second kappa shape index (κ2) is 4.33. The largest absolute Gasteiger partial charge is 0.356 e. The van der Waals surface area contributed by atoms with E-state index in [2.05, 4.69) is 45.2 Å². The minimum absolute atomic E-state index is 0.0873. The fourth-order valence-electron chi connectivity index (χ4n) is 2.15. The minimum atomic E-state index is -0.488. The third-order valence-corrected chi connectivity index (χ3v) is 4.19. The molecule has 17 heavy (non-hydrogen) atoms. The van der Waals surface area contributed by atoms with Crippen LogP contribution in [0, 0.1) is 6.92 Å². The summed E-state index contributed by atoms with van der Waals surface area (Å²) in [5.41, 5.74) is 1.80. The molecule has 1 N–H and O–H groups in total. The van der Waals surface area contributed by atoms with Crippen LogP contribution in [0.1, 0.15) is 19.4 Å². The molecule has 2 rings (SSSR count). The van der Waals surface area contributed by atoms with Crippen molar-refractivity contribution in [2.24, 2.45) is 0 Å². The van der Waals surface area contributed by atoms with Gasteiger partial charge < -0.3 is 10.2 Å². The number of carbonyl (C=O) groups is 1. The number of hydrogen-bond donors (Lipinski definition) is 1. The van der Waals surface area contributed by atoms with Gasteiger partial charge in [-0.05, 0) is 44.5 Å². The number of halogens is 1. The maximum absolute atomic E-state index is 11.9. The Hall–Kier alpha value is -1.03. The molecule has 1 fully saturated rings. The Morgan fingerprint density at radius 1 is 1.41 bits per heavy atom. The van der Waals surface area contributed by atoms with Gasteiger partial charge >= 0.3 is 0 Å². The maximum atomic E-state index is 11.9. The molecule has 0 spiro atoms. The van der Waals surface area contributed by atoms with Crippen LogP contribution >= 0.6 is 15.9 Å². The van der Waals surface area contributed by atoms with Crippen molar-refractivity contribution in [1.29, 1.82) is 0 Å². The second-order valence-electron chi connectivity index (χ2n) is 4.90. The summed E-state index contributed by atoms with van der Waals surface area (Å²) in [6, 6.07) is 6.20. The van der Waals surface area contributed by atoms with Crippen molar-refractivity contribution in [3.63, 3.8) is 0 Å². The molecule has 1 heterocycles. The Labute approximate surface area is 110 Å². The smallest absolute Gasteiger partial charge is 0.245 e. The monoisotopic (exact) mass is 296 g/mol. The highest BCUT2D eigenvalue weighted by Gasteiger charge is 2.37. The molecule has 0 bridgehead atoms. The van der Waals surface area contributed by atoms with E-state index in [0.717, 1.165) is 16.7 Å². The van der Waals surface area contributed by atoms with Gasteiger partial charge in [0.25, 0.3) is 0 Å². The van der Waals surface area contributed by atoms with Crippen LogP contribution in [0.2, 0.25) is 0 Å². The van der Waals surface area contributed by atoms with Crippen LogP contribution < -0.4 is 10.2 Å². The molecule has 1 aliphatic rings.